The Hall–Kier alpha value is -1.99. The second-order valence-corrected chi connectivity index (χ2v) is 6.02. The minimum Gasteiger partial charge on any atom is -0.379 e. The van der Waals surface area contributed by atoms with Gasteiger partial charge in [-0.05, 0) is 38.8 Å². The lowest BCUT2D eigenvalue weighted by Gasteiger charge is -2.33. The summed E-state index contributed by atoms with van der Waals surface area (Å²) in [5.41, 5.74) is 0.647. The summed E-state index contributed by atoms with van der Waals surface area (Å²) in [7, 11) is 0. The van der Waals surface area contributed by atoms with E-state index < -0.39 is 6.10 Å². The maximum Gasteiger partial charge on any atom is 0.253 e. The number of carbonyl (C=O) groups is 2. The maximum absolute atomic E-state index is 12.4. The molecule has 7 nitrogen and oxygen atoms in total. The molecule has 0 spiro atoms. The first-order chi connectivity index (χ1) is 12.1. The van der Waals surface area contributed by atoms with Crippen LogP contribution in [0.5, 0.6) is 0 Å². The van der Waals surface area contributed by atoms with E-state index >= 15 is 0 Å². The van der Waals surface area contributed by atoms with Crippen LogP contribution in [0, 0.1) is 0 Å². The van der Waals surface area contributed by atoms with Gasteiger partial charge in [0.1, 0.15) is 6.10 Å². The van der Waals surface area contributed by atoms with Gasteiger partial charge in [-0.3, -0.25) is 14.6 Å². The Labute approximate surface area is 148 Å². The zero-order valence-corrected chi connectivity index (χ0v) is 14.9. The number of amides is 2. The highest BCUT2D eigenvalue weighted by Crippen LogP contribution is 2.14. The number of ether oxygens (including phenoxy) is 2. The molecule has 1 atom stereocenters. The predicted molar refractivity (Wildman–Crippen MR) is 93.2 cm³/mol. The standard InChI is InChI=1S/C18H27N3O4/c1-3-24-12-13-25-14(2)17(22)20-16-6-10-21(11-7-16)18(23)15-4-8-19-9-5-15/h4-5,8-9,14,16H,3,6-7,10-13H2,1-2H3,(H,20,22)/t14-/m1/s1. The van der Waals surface area contributed by atoms with E-state index in [2.05, 4.69) is 10.3 Å². The second-order valence-electron chi connectivity index (χ2n) is 6.02. The fourth-order valence-corrected chi connectivity index (χ4v) is 2.73. The zero-order valence-electron chi connectivity index (χ0n) is 14.9. The zero-order chi connectivity index (χ0) is 18.1. The highest BCUT2D eigenvalue weighted by atomic mass is 16.5. The summed E-state index contributed by atoms with van der Waals surface area (Å²) in [6.07, 6.45) is 4.22. The van der Waals surface area contributed by atoms with Crippen LogP contribution in [0.25, 0.3) is 0 Å². The van der Waals surface area contributed by atoms with Crippen molar-refractivity contribution in [1.82, 2.24) is 15.2 Å². The van der Waals surface area contributed by atoms with Crippen LogP contribution in [0.15, 0.2) is 24.5 Å². The number of pyridine rings is 1. The van der Waals surface area contributed by atoms with Crippen molar-refractivity contribution in [3.05, 3.63) is 30.1 Å². The van der Waals surface area contributed by atoms with Gasteiger partial charge in [0.15, 0.2) is 0 Å². The van der Waals surface area contributed by atoms with E-state index in [1.807, 2.05) is 11.8 Å². The molecule has 0 aromatic carbocycles. The molecule has 1 aliphatic rings. The summed E-state index contributed by atoms with van der Waals surface area (Å²) in [5.74, 6) is -0.102. The van der Waals surface area contributed by atoms with Gasteiger partial charge in [0.25, 0.3) is 5.91 Å². The van der Waals surface area contributed by atoms with Crippen LogP contribution in [0.2, 0.25) is 0 Å². The van der Waals surface area contributed by atoms with Crippen molar-refractivity contribution in [2.45, 2.75) is 38.8 Å². The molecule has 138 valence electrons. The van der Waals surface area contributed by atoms with Gasteiger partial charge < -0.3 is 19.7 Å². The Morgan fingerprint density at radius 3 is 2.60 bits per heavy atom. The average Bonchev–Trinajstić information content (AvgIpc) is 2.65. The van der Waals surface area contributed by atoms with Gasteiger partial charge in [0, 0.05) is 43.7 Å². The van der Waals surface area contributed by atoms with Crippen molar-refractivity contribution in [1.29, 1.82) is 0 Å². The molecule has 1 aromatic heterocycles. The number of rotatable bonds is 8. The third kappa shape index (κ3) is 6.10. The van der Waals surface area contributed by atoms with Crippen LogP contribution >= 0.6 is 0 Å². The van der Waals surface area contributed by atoms with E-state index in [0.29, 0.717) is 38.5 Å². The Balaban J connectivity index is 1.71. The first kappa shape index (κ1) is 19.3. The van der Waals surface area contributed by atoms with Crippen molar-refractivity contribution in [2.75, 3.05) is 32.9 Å². The lowest BCUT2D eigenvalue weighted by Crippen LogP contribution is -2.48. The summed E-state index contributed by atoms with van der Waals surface area (Å²) in [4.78, 5) is 30.3. The number of hydrogen-bond acceptors (Lipinski definition) is 5. The molecule has 25 heavy (non-hydrogen) atoms. The topological polar surface area (TPSA) is 80.8 Å². The molecule has 1 saturated heterocycles. The highest BCUT2D eigenvalue weighted by molar-refractivity contribution is 5.94. The van der Waals surface area contributed by atoms with E-state index in [9.17, 15) is 9.59 Å². The molecular formula is C18H27N3O4. The highest BCUT2D eigenvalue weighted by Gasteiger charge is 2.25. The van der Waals surface area contributed by atoms with Crippen LogP contribution in [0.1, 0.15) is 37.0 Å². The monoisotopic (exact) mass is 349 g/mol. The van der Waals surface area contributed by atoms with Crippen molar-refractivity contribution >= 4 is 11.8 Å². The first-order valence-electron chi connectivity index (χ1n) is 8.80. The molecule has 2 rings (SSSR count). The molecule has 1 fully saturated rings. The number of hydrogen-bond donors (Lipinski definition) is 1. The summed E-state index contributed by atoms with van der Waals surface area (Å²) >= 11 is 0. The van der Waals surface area contributed by atoms with Crippen LogP contribution in [0.4, 0.5) is 0 Å². The minimum absolute atomic E-state index is 0.0137. The molecule has 2 amide bonds. The maximum atomic E-state index is 12.4. The lowest BCUT2D eigenvalue weighted by molar-refractivity contribution is -0.133. The molecule has 2 heterocycles. The van der Waals surface area contributed by atoms with E-state index in [1.54, 1.807) is 31.5 Å². The molecule has 0 aliphatic carbocycles. The molecule has 1 aliphatic heterocycles. The lowest BCUT2D eigenvalue weighted by atomic mass is 10.0. The third-order valence-electron chi connectivity index (χ3n) is 4.22. The fourth-order valence-electron chi connectivity index (χ4n) is 2.73. The average molecular weight is 349 g/mol. The molecular weight excluding hydrogens is 322 g/mol. The van der Waals surface area contributed by atoms with Crippen molar-refractivity contribution in [3.63, 3.8) is 0 Å². The number of aromatic nitrogens is 1. The first-order valence-corrected chi connectivity index (χ1v) is 8.80. The van der Waals surface area contributed by atoms with Crippen molar-refractivity contribution in [2.24, 2.45) is 0 Å². The second kappa shape index (κ2) is 10.1. The van der Waals surface area contributed by atoms with Gasteiger partial charge in [-0.1, -0.05) is 0 Å². The summed E-state index contributed by atoms with van der Waals surface area (Å²) in [6, 6.07) is 3.52. The van der Waals surface area contributed by atoms with Gasteiger partial charge in [0.05, 0.1) is 13.2 Å². The van der Waals surface area contributed by atoms with Crippen LogP contribution in [-0.4, -0.2) is 66.8 Å². The van der Waals surface area contributed by atoms with Gasteiger partial charge >= 0.3 is 0 Å². The molecule has 0 unspecified atom stereocenters. The Kier molecular flexibility index (Phi) is 7.81. The number of nitrogens with zero attached hydrogens (tertiary/aromatic N) is 2. The van der Waals surface area contributed by atoms with Gasteiger partial charge in [-0.2, -0.15) is 0 Å². The van der Waals surface area contributed by atoms with E-state index in [1.165, 1.54) is 0 Å². The van der Waals surface area contributed by atoms with E-state index in [-0.39, 0.29) is 17.9 Å². The predicted octanol–water partition coefficient (Wildman–Crippen LogP) is 1.24. The Morgan fingerprint density at radius 2 is 1.96 bits per heavy atom. The smallest absolute Gasteiger partial charge is 0.253 e. The normalized spacial score (nSPS) is 16.5. The molecule has 0 radical (unpaired) electrons. The minimum atomic E-state index is -0.503. The van der Waals surface area contributed by atoms with Gasteiger partial charge in [-0.15, -0.1) is 0 Å². The van der Waals surface area contributed by atoms with E-state index in [0.717, 1.165) is 12.8 Å². The largest absolute Gasteiger partial charge is 0.379 e. The summed E-state index contributed by atoms with van der Waals surface area (Å²) < 4.78 is 10.6. The summed E-state index contributed by atoms with van der Waals surface area (Å²) in [5, 5.41) is 3.01. The number of nitrogens with one attached hydrogen (secondary N) is 1. The van der Waals surface area contributed by atoms with Crippen molar-refractivity contribution in [3.8, 4) is 0 Å². The Bertz CT molecular complexity index is 545. The molecule has 1 N–H and O–H groups in total. The molecule has 1 aromatic rings. The molecule has 0 bridgehead atoms. The quantitative estimate of drug-likeness (QED) is 0.714. The van der Waals surface area contributed by atoms with Crippen molar-refractivity contribution < 1.29 is 19.1 Å². The van der Waals surface area contributed by atoms with E-state index in [4.69, 9.17) is 9.47 Å². The van der Waals surface area contributed by atoms with Gasteiger partial charge in [-0.25, -0.2) is 0 Å². The van der Waals surface area contributed by atoms with Crippen LogP contribution < -0.4 is 5.32 Å². The SMILES string of the molecule is CCOCCO[C@H](C)C(=O)NC1CCN(C(=O)c2ccncc2)CC1. The van der Waals surface area contributed by atoms with Crippen LogP contribution in [0.3, 0.4) is 0 Å². The summed E-state index contributed by atoms with van der Waals surface area (Å²) in [6.45, 7) is 6.45. The van der Waals surface area contributed by atoms with Crippen LogP contribution in [-0.2, 0) is 14.3 Å². The third-order valence-corrected chi connectivity index (χ3v) is 4.22. The number of piperidine rings is 1. The Morgan fingerprint density at radius 1 is 1.28 bits per heavy atom. The molecule has 7 heteroatoms. The number of carbonyl (C=O) groups excluding carboxylic acids is 2. The van der Waals surface area contributed by atoms with Gasteiger partial charge in [0.2, 0.25) is 5.91 Å². The number of likely N-dealkylation sites (tertiary alicyclic amines) is 1. The fraction of sp³-hybridized carbons (Fsp3) is 0.611. The molecule has 0 saturated carbocycles.